The number of aryl methyl sites for hydroxylation is 2. The molecule has 130 valence electrons. The molecule has 7 heteroatoms. The molecule has 0 aliphatic carbocycles. The molecule has 3 rings (SSSR count). The average Bonchev–Trinajstić information content (AvgIpc) is 3.14. The number of hydrogen-bond acceptors (Lipinski definition) is 6. The van der Waals surface area contributed by atoms with Gasteiger partial charge in [-0.05, 0) is 33.0 Å². The second-order valence-corrected chi connectivity index (χ2v) is 5.94. The van der Waals surface area contributed by atoms with Crippen LogP contribution in [0.4, 0.5) is 0 Å². The van der Waals surface area contributed by atoms with Crippen LogP contribution in [0.3, 0.4) is 0 Å². The summed E-state index contributed by atoms with van der Waals surface area (Å²) in [5.41, 5.74) is 2.49. The molecule has 2 heterocycles. The van der Waals surface area contributed by atoms with E-state index in [2.05, 4.69) is 10.1 Å². The minimum Gasteiger partial charge on any atom is -0.476 e. The van der Waals surface area contributed by atoms with Gasteiger partial charge in [-0.3, -0.25) is 4.90 Å². The molecule has 0 aliphatic heterocycles. The van der Waals surface area contributed by atoms with Gasteiger partial charge in [-0.2, -0.15) is 0 Å². The van der Waals surface area contributed by atoms with Gasteiger partial charge in [0.05, 0.1) is 12.2 Å². The SMILES string of the molecule is Cc1noc(C)c1CN(C)Cc1oc(-c2ccccc2)nc1C(=O)O. The molecule has 25 heavy (non-hydrogen) atoms. The molecule has 2 aromatic heterocycles. The molecule has 0 saturated heterocycles. The highest BCUT2D eigenvalue weighted by Crippen LogP contribution is 2.24. The predicted molar refractivity (Wildman–Crippen MR) is 90.0 cm³/mol. The number of aromatic nitrogens is 2. The summed E-state index contributed by atoms with van der Waals surface area (Å²) < 4.78 is 10.9. The molecule has 0 unspecified atom stereocenters. The van der Waals surface area contributed by atoms with Crippen LogP contribution in [0, 0.1) is 13.8 Å². The summed E-state index contributed by atoms with van der Waals surface area (Å²) in [5.74, 6) is 0.274. The van der Waals surface area contributed by atoms with Gasteiger partial charge < -0.3 is 14.0 Å². The first-order chi connectivity index (χ1) is 12.0. The molecule has 0 atom stereocenters. The highest BCUT2D eigenvalue weighted by Gasteiger charge is 2.22. The van der Waals surface area contributed by atoms with Crippen molar-refractivity contribution in [3.05, 3.63) is 58.8 Å². The van der Waals surface area contributed by atoms with E-state index >= 15 is 0 Å². The van der Waals surface area contributed by atoms with Crippen LogP contribution in [0.25, 0.3) is 11.5 Å². The zero-order chi connectivity index (χ0) is 18.0. The molecule has 0 fully saturated rings. The van der Waals surface area contributed by atoms with Gasteiger partial charge in [-0.15, -0.1) is 0 Å². The van der Waals surface area contributed by atoms with Crippen LogP contribution in [-0.2, 0) is 13.1 Å². The molecule has 0 aliphatic rings. The van der Waals surface area contributed by atoms with Gasteiger partial charge in [-0.25, -0.2) is 9.78 Å². The maximum absolute atomic E-state index is 11.5. The number of carboxylic acids is 1. The van der Waals surface area contributed by atoms with Crippen molar-refractivity contribution in [2.75, 3.05) is 7.05 Å². The van der Waals surface area contributed by atoms with Crippen LogP contribution in [-0.4, -0.2) is 33.2 Å². The number of carbonyl (C=O) groups is 1. The highest BCUT2D eigenvalue weighted by molar-refractivity contribution is 5.87. The lowest BCUT2D eigenvalue weighted by atomic mass is 10.2. The summed E-state index contributed by atoms with van der Waals surface area (Å²) in [6.45, 7) is 4.62. The van der Waals surface area contributed by atoms with Crippen molar-refractivity contribution >= 4 is 5.97 Å². The Morgan fingerprint density at radius 2 is 1.92 bits per heavy atom. The first-order valence-corrected chi connectivity index (χ1v) is 7.84. The van der Waals surface area contributed by atoms with Crippen molar-refractivity contribution in [2.24, 2.45) is 0 Å². The largest absolute Gasteiger partial charge is 0.476 e. The normalized spacial score (nSPS) is 11.2. The number of oxazole rings is 1. The minimum atomic E-state index is -1.10. The number of aromatic carboxylic acids is 1. The first kappa shape index (κ1) is 16.9. The van der Waals surface area contributed by atoms with E-state index in [0.717, 1.165) is 22.6 Å². The molecule has 0 bridgehead atoms. The van der Waals surface area contributed by atoms with Gasteiger partial charge in [0.15, 0.2) is 11.5 Å². The van der Waals surface area contributed by atoms with Gasteiger partial charge >= 0.3 is 5.97 Å². The predicted octanol–water partition coefficient (Wildman–Crippen LogP) is 3.28. The molecule has 0 radical (unpaired) electrons. The lowest BCUT2D eigenvalue weighted by Crippen LogP contribution is -2.19. The Morgan fingerprint density at radius 3 is 2.52 bits per heavy atom. The van der Waals surface area contributed by atoms with Crippen molar-refractivity contribution in [1.29, 1.82) is 0 Å². The molecule has 0 saturated carbocycles. The van der Waals surface area contributed by atoms with Crippen molar-refractivity contribution in [3.63, 3.8) is 0 Å². The second-order valence-electron chi connectivity index (χ2n) is 5.94. The summed E-state index contributed by atoms with van der Waals surface area (Å²) >= 11 is 0. The molecule has 1 N–H and O–H groups in total. The fourth-order valence-electron chi connectivity index (χ4n) is 2.63. The Hall–Kier alpha value is -2.93. The second kappa shape index (κ2) is 6.90. The van der Waals surface area contributed by atoms with E-state index in [4.69, 9.17) is 8.94 Å². The smallest absolute Gasteiger partial charge is 0.358 e. The Balaban J connectivity index is 1.84. The van der Waals surface area contributed by atoms with Crippen molar-refractivity contribution in [1.82, 2.24) is 15.0 Å². The number of hydrogen-bond donors (Lipinski definition) is 1. The quantitative estimate of drug-likeness (QED) is 0.735. The lowest BCUT2D eigenvalue weighted by molar-refractivity contribution is 0.0687. The fourth-order valence-corrected chi connectivity index (χ4v) is 2.63. The standard InChI is InChI=1S/C18H19N3O4/c1-11-14(12(2)25-20-11)9-21(3)10-15-16(18(22)23)19-17(24-15)13-7-5-4-6-8-13/h4-8H,9-10H2,1-3H3,(H,22,23). The van der Waals surface area contributed by atoms with E-state index in [9.17, 15) is 9.90 Å². The third-order valence-electron chi connectivity index (χ3n) is 3.94. The lowest BCUT2D eigenvalue weighted by Gasteiger charge is -2.14. The van der Waals surface area contributed by atoms with E-state index in [1.165, 1.54) is 0 Å². The van der Waals surface area contributed by atoms with E-state index in [0.29, 0.717) is 24.7 Å². The van der Waals surface area contributed by atoms with E-state index in [1.54, 1.807) is 0 Å². The van der Waals surface area contributed by atoms with Crippen molar-refractivity contribution in [2.45, 2.75) is 26.9 Å². The Labute approximate surface area is 144 Å². The van der Waals surface area contributed by atoms with E-state index in [-0.39, 0.29) is 5.69 Å². The monoisotopic (exact) mass is 341 g/mol. The van der Waals surface area contributed by atoms with Crippen LogP contribution in [0.5, 0.6) is 0 Å². The zero-order valence-corrected chi connectivity index (χ0v) is 14.3. The van der Waals surface area contributed by atoms with Gasteiger partial charge in [0, 0.05) is 17.7 Å². The van der Waals surface area contributed by atoms with Gasteiger partial charge in [0.25, 0.3) is 0 Å². The van der Waals surface area contributed by atoms with Gasteiger partial charge in [-0.1, -0.05) is 23.4 Å². The number of benzene rings is 1. The number of rotatable bonds is 6. The molecule has 7 nitrogen and oxygen atoms in total. The van der Waals surface area contributed by atoms with Crippen LogP contribution in [0.1, 0.15) is 33.3 Å². The van der Waals surface area contributed by atoms with Gasteiger partial charge in [0.1, 0.15) is 5.76 Å². The summed E-state index contributed by atoms with van der Waals surface area (Å²) in [6.07, 6.45) is 0. The highest BCUT2D eigenvalue weighted by atomic mass is 16.5. The maximum atomic E-state index is 11.5. The van der Waals surface area contributed by atoms with Crippen LogP contribution in [0.2, 0.25) is 0 Å². The number of carboxylic acid groups (broad SMARTS) is 1. The molecule has 1 aromatic carbocycles. The summed E-state index contributed by atoms with van der Waals surface area (Å²) in [6, 6.07) is 9.24. The maximum Gasteiger partial charge on any atom is 0.358 e. The first-order valence-electron chi connectivity index (χ1n) is 7.84. The third-order valence-corrected chi connectivity index (χ3v) is 3.94. The van der Waals surface area contributed by atoms with Gasteiger partial charge in [0.2, 0.25) is 5.89 Å². The Morgan fingerprint density at radius 1 is 1.20 bits per heavy atom. The van der Waals surface area contributed by atoms with Crippen molar-refractivity contribution in [3.8, 4) is 11.5 Å². The van der Waals surface area contributed by atoms with Crippen molar-refractivity contribution < 1.29 is 18.8 Å². The molecule has 3 aromatic rings. The van der Waals surface area contributed by atoms with E-state index in [1.807, 2.05) is 56.1 Å². The summed E-state index contributed by atoms with van der Waals surface area (Å²) in [4.78, 5) is 17.6. The average molecular weight is 341 g/mol. The topological polar surface area (TPSA) is 92.6 Å². The van der Waals surface area contributed by atoms with Crippen LogP contribution < -0.4 is 0 Å². The van der Waals surface area contributed by atoms with E-state index < -0.39 is 5.97 Å². The number of nitrogens with zero attached hydrogens (tertiary/aromatic N) is 3. The minimum absolute atomic E-state index is 0.0653. The summed E-state index contributed by atoms with van der Waals surface area (Å²) in [7, 11) is 1.88. The molecule has 0 amide bonds. The molecular formula is C18H19N3O4. The van der Waals surface area contributed by atoms with Crippen LogP contribution >= 0.6 is 0 Å². The Bertz CT molecular complexity index is 864. The fraction of sp³-hybridized carbons (Fsp3) is 0.278. The van der Waals surface area contributed by atoms with Crippen LogP contribution in [0.15, 0.2) is 39.3 Å². The Kier molecular flexibility index (Phi) is 4.67. The molecule has 0 spiro atoms. The summed E-state index contributed by atoms with van der Waals surface area (Å²) in [5, 5.41) is 13.4. The molecular weight excluding hydrogens is 322 g/mol. The zero-order valence-electron chi connectivity index (χ0n) is 14.3. The third kappa shape index (κ3) is 3.61.